The summed E-state index contributed by atoms with van der Waals surface area (Å²) < 4.78 is 35.9. The second-order valence-corrected chi connectivity index (χ2v) is 5.64. The first kappa shape index (κ1) is 21.3. The van der Waals surface area contributed by atoms with E-state index in [9.17, 15) is 13.2 Å². The summed E-state index contributed by atoms with van der Waals surface area (Å²) in [7, 11) is -4.17. The highest BCUT2D eigenvalue weighted by molar-refractivity contribution is 7.80. The van der Waals surface area contributed by atoms with Crippen molar-refractivity contribution in [1.29, 1.82) is 0 Å². The molecule has 0 aliphatic rings. The van der Waals surface area contributed by atoms with Crippen LogP contribution in [0.4, 0.5) is 0 Å². The molecule has 0 aliphatic carbocycles. The summed E-state index contributed by atoms with van der Waals surface area (Å²) >= 11 is 0. The molecule has 0 heterocycles. The lowest BCUT2D eigenvalue weighted by Gasteiger charge is -2.25. The van der Waals surface area contributed by atoms with Gasteiger partial charge in [-0.3, -0.25) is 4.55 Å². The minimum absolute atomic E-state index is 0.0289. The highest BCUT2D eigenvalue weighted by Crippen LogP contribution is 2.10. The monoisotopic (exact) mass is 311 g/mol. The number of hydrogen-bond donors (Lipinski definition) is 2. The molecule has 0 atom stereocenters. The molecule has 0 aromatic carbocycles. The summed E-state index contributed by atoms with van der Waals surface area (Å²) in [4.78, 5) is 11.2. The molecule has 7 nitrogen and oxygen atoms in total. The molecule has 0 fully saturated rings. The predicted molar refractivity (Wildman–Crippen MR) is 76.7 cm³/mol. The molecule has 0 radical (unpaired) electrons. The van der Waals surface area contributed by atoms with E-state index in [1.165, 1.54) is 6.92 Å². The first-order valence-electron chi connectivity index (χ1n) is 6.16. The van der Waals surface area contributed by atoms with Crippen LogP contribution < -0.4 is 5.32 Å². The Morgan fingerprint density at radius 3 is 2.10 bits per heavy atom. The van der Waals surface area contributed by atoms with Gasteiger partial charge in [0.1, 0.15) is 5.60 Å². The van der Waals surface area contributed by atoms with Crippen LogP contribution in [0.5, 0.6) is 0 Å². The van der Waals surface area contributed by atoms with Crippen LogP contribution in [0.15, 0.2) is 12.2 Å². The average Bonchev–Trinajstić information content (AvgIpc) is 2.25. The molecule has 2 N–H and O–H groups in total. The maximum Gasteiger partial charge on any atom is 0.397 e. The Labute approximate surface area is 121 Å². The predicted octanol–water partition coefficient (Wildman–Crippen LogP) is 1.32. The Morgan fingerprint density at radius 2 is 1.85 bits per heavy atom. The van der Waals surface area contributed by atoms with Gasteiger partial charge in [-0.05, 0) is 34.2 Å². The first-order chi connectivity index (χ1) is 8.95. The van der Waals surface area contributed by atoms with Crippen molar-refractivity contribution in [3.05, 3.63) is 12.2 Å². The van der Waals surface area contributed by atoms with Crippen LogP contribution in [0.1, 0.15) is 34.6 Å². The van der Waals surface area contributed by atoms with E-state index in [-0.39, 0.29) is 12.6 Å². The molecular weight excluding hydrogens is 286 g/mol. The van der Waals surface area contributed by atoms with Gasteiger partial charge in [0, 0.05) is 12.1 Å². The fourth-order valence-electron chi connectivity index (χ4n) is 0.949. The molecule has 0 spiro atoms. The topological polar surface area (TPSA) is 102 Å². The van der Waals surface area contributed by atoms with Crippen molar-refractivity contribution >= 4 is 16.4 Å². The summed E-state index contributed by atoms with van der Waals surface area (Å²) in [6.07, 6.45) is 0. The average molecular weight is 311 g/mol. The van der Waals surface area contributed by atoms with Crippen molar-refractivity contribution in [2.24, 2.45) is 0 Å². The summed E-state index contributed by atoms with van der Waals surface area (Å²) in [5.74, 6) is -0.331. The lowest BCUT2D eigenvalue weighted by atomic mass is 10.1. The molecule has 0 saturated carbocycles. The van der Waals surface area contributed by atoms with Crippen LogP contribution in [0, 0.1) is 0 Å². The zero-order chi connectivity index (χ0) is 16.4. The van der Waals surface area contributed by atoms with Gasteiger partial charge in [0.05, 0.1) is 6.61 Å². The molecule has 0 saturated heterocycles. The van der Waals surface area contributed by atoms with Gasteiger partial charge in [-0.1, -0.05) is 13.5 Å². The number of ether oxygens (including phenoxy) is 1. The first-order valence-corrected chi connectivity index (χ1v) is 7.53. The third-order valence-corrected chi connectivity index (χ3v) is 2.32. The summed E-state index contributed by atoms with van der Waals surface area (Å²) in [5.41, 5.74) is -0.0314. The number of nitrogens with one attached hydrogen (secondary N) is 1. The minimum atomic E-state index is -4.17. The van der Waals surface area contributed by atoms with Crippen molar-refractivity contribution in [1.82, 2.24) is 5.32 Å². The van der Waals surface area contributed by atoms with Crippen molar-refractivity contribution in [3.63, 3.8) is 0 Å². The van der Waals surface area contributed by atoms with E-state index in [1.807, 2.05) is 20.8 Å². The number of carbonyl (C=O) groups is 1. The second-order valence-electron chi connectivity index (χ2n) is 4.54. The number of esters is 1. The summed E-state index contributed by atoms with van der Waals surface area (Å²) in [5, 5.41) is 3.13. The van der Waals surface area contributed by atoms with Gasteiger partial charge in [-0.15, -0.1) is 0 Å². The minimum Gasteiger partial charge on any atom is -0.455 e. The SMILES string of the molecule is C=C(C)C(=O)OC(C)(C)CNCC.CCOS(=O)(=O)O. The van der Waals surface area contributed by atoms with Crippen LogP contribution in [-0.4, -0.2) is 44.2 Å². The smallest absolute Gasteiger partial charge is 0.397 e. The van der Waals surface area contributed by atoms with Crippen molar-refractivity contribution in [2.75, 3.05) is 19.7 Å². The van der Waals surface area contributed by atoms with Crippen molar-refractivity contribution in [2.45, 2.75) is 40.2 Å². The van der Waals surface area contributed by atoms with Crippen LogP contribution in [0.2, 0.25) is 0 Å². The number of rotatable bonds is 7. The van der Waals surface area contributed by atoms with Gasteiger partial charge in [0.15, 0.2) is 0 Å². The van der Waals surface area contributed by atoms with Gasteiger partial charge < -0.3 is 10.1 Å². The lowest BCUT2D eigenvalue weighted by Crippen LogP contribution is -2.39. The van der Waals surface area contributed by atoms with Gasteiger partial charge in [0.25, 0.3) is 0 Å². The van der Waals surface area contributed by atoms with Gasteiger partial charge in [-0.2, -0.15) is 8.42 Å². The largest absolute Gasteiger partial charge is 0.455 e. The van der Waals surface area contributed by atoms with Gasteiger partial charge in [0.2, 0.25) is 0 Å². The van der Waals surface area contributed by atoms with Crippen LogP contribution >= 0.6 is 0 Å². The van der Waals surface area contributed by atoms with Crippen LogP contribution in [0.3, 0.4) is 0 Å². The Bertz CT molecular complexity index is 402. The highest BCUT2D eigenvalue weighted by atomic mass is 32.3. The fraction of sp³-hybridized carbons (Fsp3) is 0.750. The lowest BCUT2D eigenvalue weighted by molar-refractivity contribution is -0.151. The molecule has 0 rings (SSSR count). The highest BCUT2D eigenvalue weighted by Gasteiger charge is 2.22. The normalized spacial score (nSPS) is 11.3. The van der Waals surface area contributed by atoms with E-state index in [0.29, 0.717) is 12.1 Å². The Morgan fingerprint density at radius 1 is 1.35 bits per heavy atom. The molecular formula is C12H25NO6S. The van der Waals surface area contributed by atoms with Crippen molar-refractivity contribution in [3.8, 4) is 0 Å². The maximum atomic E-state index is 11.2. The third kappa shape index (κ3) is 15.1. The van der Waals surface area contributed by atoms with E-state index < -0.39 is 16.0 Å². The summed E-state index contributed by atoms with van der Waals surface area (Å²) in [6.45, 7) is 13.9. The number of hydrogen-bond acceptors (Lipinski definition) is 6. The van der Waals surface area contributed by atoms with E-state index in [1.54, 1.807) is 6.92 Å². The third-order valence-electron chi connectivity index (χ3n) is 1.78. The Hall–Kier alpha value is -0.960. The van der Waals surface area contributed by atoms with E-state index in [4.69, 9.17) is 9.29 Å². The Kier molecular flexibility index (Phi) is 10.5. The molecule has 0 aromatic rings. The maximum absolute atomic E-state index is 11.2. The summed E-state index contributed by atoms with van der Waals surface area (Å²) in [6, 6.07) is 0. The number of likely N-dealkylation sites (N-methyl/N-ethyl adjacent to an activating group) is 1. The molecule has 8 heteroatoms. The van der Waals surface area contributed by atoms with E-state index in [0.717, 1.165) is 6.54 Å². The molecule has 0 unspecified atom stereocenters. The fourth-order valence-corrected chi connectivity index (χ4v) is 1.25. The molecule has 120 valence electrons. The zero-order valence-electron chi connectivity index (χ0n) is 12.7. The van der Waals surface area contributed by atoms with Crippen molar-refractivity contribution < 1.29 is 26.7 Å². The molecule has 0 aliphatic heterocycles. The van der Waals surface area contributed by atoms with Gasteiger partial charge in [-0.25, -0.2) is 8.98 Å². The molecule has 0 amide bonds. The van der Waals surface area contributed by atoms with Crippen LogP contribution in [-0.2, 0) is 24.1 Å². The Balaban J connectivity index is 0. The van der Waals surface area contributed by atoms with E-state index >= 15 is 0 Å². The molecule has 0 bridgehead atoms. The molecule has 0 aromatic heterocycles. The van der Waals surface area contributed by atoms with Gasteiger partial charge >= 0.3 is 16.4 Å². The quantitative estimate of drug-likeness (QED) is 0.415. The van der Waals surface area contributed by atoms with E-state index in [2.05, 4.69) is 16.1 Å². The zero-order valence-corrected chi connectivity index (χ0v) is 13.5. The number of carbonyl (C=O) groups excluding carboxylic acids is 1. The standard InChI is InChI=1S/C10H19NO2.C2H6O4S/c1-6-11-7-10(4,5)13-9(12)8(2)3;1-2-6-7(3,4)5/h11H,2,6-7H2,1,3-5H3;2H2,1H3,(H,3,4,5). The van der Waals surface area contributed by atoms with Crippen LogP contribution in [0.25, 0.3) is 0 Å². The molecule has 20 heavy (non-hydrogen) atoms. The second kappa shape index (κ2) is 9.87.